The van der Waals surface area contributed by atoms with Crippen LogP contribution in [-0.2, 0) is 11.3 Å². The lowest BCUT2D eigenvalue weighted by molar-refractivity contribution is -0.274. The number of alkyl halides is 3. The molecular weight excluding hydrogens is 285 g/mol. The number of hydrogen-bond donors (Lipinski definition) is 2. The Morgan fingerprint density at radius 1 is 1.33 bits per heavy atom. The van der Waals surface area contributed by atoms with Gasteiger partial charge in [-0.2, -0.15) is 0 Å². The van der Waals surface area contributed by atoms with Crippen LogP contribution in [0.4, 0.5) is 13.2 Å². The third-order valence-corrected chi connectivity index (χ3v) is 2.44. The Morgan fingerprint density at radius 2 is 2.05 bits per heavy atom. The van der Waals surface area contributed by atoms with Gasteiger partial charge in [0.1, 0.15) is 5.75 Å². The number of hydrogen-bond acceptors (Lipinski definition) is 3. The summed E-state index contributed by atoms with van der Waals surface area (Å²) in [5.41, 5.74) is 0.654. The molecule has 0 unspecified atom stereocenters. The zero-order valence-corrected chi connectivity index (χ0v) is 12.0. The topological polar surface area (TPSA) is 50.4 Å². The third-order valence-electron chi connectivity index (χ3n) is 2.44. The lowest BCUT2D eigenvalue weighted by atomic mass is 10.2. The highest BCUT2D eigenvalue weighted by atomic mass is 19.4. The van der Waals surface area contributed by atoms with E-state index in [2.05, 4.69) is 15.4 Å². The quantitative estimate of drug-likeness (QED) is 0.761. The summed E-state index contributed by atoms with van der Waals surface area (Å²) in [5, 5.41) is 5.75. The monoisotopic (exact) mass is 304 g/mol. The summed E-state index contributed by atoms with van der Waals surface area (Å²) in [7, 11) is 0. The Hall–Kier alpha value is -1.76. The Morgan fingerprint density at radius 3 is 2.67 bits per heavy atom. The van der Waals surface area contributed by atoms with Gasteiger partial charge in [0.2, 0.25) is 5.91 Å². The fourth-order valence-electron chi connectivity index (χ4n) is 1.68. The number of carbonyl (C=O) groups excluding carboxylic acids is 1. The van der Waals surface area contributed by atoms with E-state index < -0.39 is 6.36 Å². The van der Waals surface area contributed by atoms with Crippen LogP contribution in [-0.4, -0.2) is 24.9 Å². The molecule has 1 aromatic carbocycles. The van der Waals surface area contributed by atoms with E-state index in [1.165, 1.54) is 18.2 Å². The number of rotatable bonds is 7. The van der Waals surface area contributed by atoms with E-state index in [1.807, 2.05) is 13.8 Å². The van der Waals surface area contributed by atoms with Crippen molar-refractivity contribution in [2.24, 2.45) is 0 Å². The van der Waals surface area contributed by atoms with Crippen molar-refractivity contribution in [2.75, 3.05) is 6.54 Å². The van der Waals surface area contributed by atoms with Crippen LogP contribution in [0.15, 0.2) is 24.3 Å². The summed E-state index contributed by atoms with van der Waals surface area (Å²) in [6.45, 7) is 4.56. The van der Waals surface area contributed by atoms with Gasteiger partial charge in [0.15, 0.2) is 0 Å². The van der Waals surface area contributed by atoms with Crippen molar-refractivity contribution in [3.05, 3.63) is 29.8 Å². The second-order valence-electron chi connectivity index (χ2n) is 4.84. The summed E-state index contributed by atoms with van der Waals surface area (Å²) in [5.74, 6) is -0.314. The number of amides is 1. The first-order valence-electron chi connectivity index (χ1n) is 6.61. The normalized spacial score (nSPS) is 11.5. The van der Waals surface area contributed by atoms with Gasteiger partial charge in [-0.3, -0.25) is 4.79 Å². The summed E-state index contributed by atoms with van der Waals surface area (Å²) >= 11 is 0. The van der Waals surface area contributed by atoms with Crippen molar-refractivity contribution in [3.63, 3.8) is 0 Å². The van der Waals surface area contributed by atoms with Crippen LogP contribution in [0.5, 0.6) is 5.75 Å². The molecule has 0 saturated carbocycles. The van der Waals surface area contributed by atoms with Crippen molar-refractivity contribution in [1.82, 2.24) is 10.6 Å². The Labute approximate surface area is 121 Å². The molecule has 0 aromatic heterocycles. The highest BCUT2D eigenvalue weighted by Gasteiger charge is 2.31. The van der Waals surface area contributed by atoms with Gasteiger partial charge in [0, 0.05) is 25.6 Å². The molecule has 1 amide bonds. The van der Waals surface area contributed by atoms with Crippen molar-refractivity contribution < 1.29 is 22.7 Å². The fourth-order valence-corrected chi connectivity index (χ4v) is 1.68. The van der Waals surface area contributed by atoms with Crippen molar-refractivity contribution >= 4 is 5.91 Å². The first-order valence-corrected chi connectivity index (χ1v) is 6.61. The Balaban J connectivity index is 2.35. The minimum absolute atomic E-state index is 0.0633. The Bertz CT molecular complexity index is 462. The molecule has 0 heterocycles. The predicted molar refractivity (Wildman–Crippen MR) is 72.7 cm³/mol. The summed E-state index contributed by atoms with van der Waals surface area (Å²) < 4.78 is 40.1. The molecule has 0 atom stereocenters. The summed E-state index contributed by atoms with van der Waals surface area (Å²) in [6.07, 6.45) is -4.38. The lowest BCUT2D eigenvalue weighted by Crippen LogP contribution is -2.32. The molecule has 0 fully saturated rings. The van der Waals surface area contributed by atoms with Crippen LogP contribution in [0.25, 0.3) is 0 Å². The summed E-state index contributed by atoms with van der Waals surface area (Å²) in [4.78, 5) is 11.4. The molecule has 7 heteroatoms. The van der Waals surface area contributed by atoms with E-state index in [0.717, 1.165) is 0 Å². The second kappa shape index (κ2) is 7.87. The highest BCUT2D eigenvalue weighted by Crippen LogP contribution is 2.23. The molecule has 1 rings (SSSR count). The molecule has 0 aliphatic carbocycles. The maximum atomic E-state index is 12.1. The van der Waals surface area contributed by atoms with Gasteiger partial charge in [-0.1, -0.05) is 12.1 Å². The van der Waals surface area contributed by atoms with Gasteiger partial charge in [-0.25, -0.2) is 0 Å². The molecule has 0 saturated heterocycles. The van der Waals surface area contributed by atoms with Gasteiger partial charge >= 0.3 is 6.36 Å². The van der Waals surface area contributed by atoms with E-state index in [4.69, 9.17) is 0 Å². The van der Waals surface area contributed by atoms with Crippen LogP contribution >= 0.6 is 0 Å². The van der Waals surface area contributed by atoms with E-state index in [-0.39, 0.29) is 17.7 Å². The largest absolute Gasteiger partial charge is 0.573 e. The second-order valence-corrected chi connectivity index (χ2v) is 4.84. The highest BCUT2D eigenvalue weighted by molar-refractivity contribution is 5.76. The number of halogens is 3. The number of ether oxygens (including phenoxy) is 1. The average Bonchev–Trinajstić information content (AvgIpc) is 2.32. The van der Waals surface area contributed by atoms with E-state index in [0.29, 0.717) is 25.1 Å². The third kappa shape index (κ3) is 8.19. The molecule has 1 aromatic rings. The van der Waals surface area contributed by atoms with Crippen LogP contribution < -0.4 is 15.4 Å². The zero-order valence-electron chi connectivity index (χ0n) is 12.0. The maximum absolute atomic E-state index is 12.1. The molecule has 4 nitrogen and oxygen atoms in total. The van der Waals surface area contributed by atoms with Gasteiger partial charge in [-0.05, 0) is 31.5 Å². The maximum Gasteiger partial charge on any atom is 0.573 e. The van der Waals surface area contributed by atoms with Crippen molar-refractivity contribution in [2.45, 2.75) is 39.2 Å². The molecule has 21 heavy (non-hydrogen) atoms. The first kappa shape index (κ1) is 17.3. The molecule has 0 spiro atoms. The van der Waals surface area contributed by atoms with Crippen LogP contribution in [0.1, 0.15) is 25.8 Å². The smallest absolute Gasteiger partial charge is 0.406 e. The number of carbonyl (C=O) groups is 1. The molecule has 0 aliphatic heterocycles. The molecule has 0 bridgehead atoms. The van der Waals surface area contributed by atoms with Crippen molar-refractivity contribution in [3.8, 4) is 5.75 Å². The molecule has 0 radical (unpaired) electrons. The molecule has 0 aliphatic rings. The number of benzene rings is 1. The average molecular weight is 304 g/mol. The van der Waals surface area contributed by atoms with Crippen molar-refractivity contribution in [1.29, 1.82) is 0 Å². The van der Waals surface area contributed by atoms with Crippen LogP contribution in [0.3, 0.4) is 0 Å². The zero-order chi connectivity index (χ0) is 15.9. The minimum Gasteiger partial charge on any atom is -0.406 e. The first-order chi connectivity index (χ1) is 9.76. The van der Waals surface area contributed by atoms with E-state index in [9.17, 15) is 18.0 Å². The van der Waals surface area contributed by atoms with Crippen LogP contribution in [0, 0.1) is 0 Å². The van der Waals surface area contributed by atoms with Gasteiger partial charge in [-0.15, -0.1) is 13.2 Å². The standard InChI is InChI=1S/C14H19F3N2O2/c1-10(2)19-13(20)6-7-18-9-11-4-3-5-12(8-11)21-14(15,16)17/h3-5,8,10,18H,6-7,9H2,1-2H3,(H,19,20). The van der Waals surface area contributed by atoms with Gasteiger partial charge in [0.25, 0.3) is 0 Å². The summed E-state index contributed by atoms with van der Waals surface area (Å²) in [6, 6.07) is 5.82. The van der Waals surface area contributed by atoms with E-state index in [1.54, 1.807) is 6.07 Å². The van der Waals surface area contributed by atoms with Gasteiger partial charge < -0.3 is 15.4 Å². The number of nitrogens with one attached hydrogen (secondary N) is 2. The molecule has 2 N–H and O–H groups in total. The van der Waals surface area contributed by atoms with E-state index >= 15 is 0 Å². The van der Waals surface area contributed by atoms with Gasteiger partial charge in [0.05, 0.1) is 0 Å². The lowest BCUT2D eigenvalue weighted by Gasteiger charge is -2.11. The molecule has 118 valence electrons. The van der Waals surface area contributed by atoms with Crippen LogP contribution in [0.2, 0.25) is 0 Å². The Kier molecular flexibility index (Phi) is 6.48. The minimum atomic E-state index is -4.69. The molecular formula is C14H19F3N2O2. The fraction of sp³-hybridized carbons (Fsp3) is 0.500. The predicted octanol–water partition coefficient (Wildman–Crippen LogP) is 2.59. The SMILES string of the molecule is CC(C)NC(=O)CCNCc1cccc(OC(F)(F)F)c1.